The van der Waals surface area contributed by atoms with Crippen LogP contribution in [0.4, 0.5) is 11.4 Å². The Bertz CT molecular complexity index is 1290. The second-order valence-electron chi connectivity index (χ2n) is 8.44. The molecular weight excluding hydrogens is 535 g/mol. The smallest absolute Gasteiger partial charge is 0.175 e. The summed E-state index contributed by atoms with van der Waals surface area (Å²) in [5.41, 5.74) is 5.77. The largest absolute Gasteiger partial charge is 0.493 e. The summed E-state index contributed by atoms with van der Waals surface area (Å²) in [6.45, 7) is 0.200. The van der Waals surface area contributed by atoms with Gasteiger partial charge in [-0.3, -0.25) is 4.99 Å². The Kier molecular flexibility index (Phi) is 6.59. The number of hydrogen-bond acceptors (Lipinski definition) is 4. The third-order valence-corrected chi connectivity index (χ3v) is 7.24. The first-order chi connectivity index (χ1) is 16.7. The molecule has 0 bridgehead atoms. The maximum Gasteiger partial charge on any atom is 0.175 e. The second-order valence-corrected chi connectivity index (χ2v) is 9.60. The van der Waals surface area contributed by atoms with Gasteiger partial charge in [-0.2, -0.15) is 0 Å². The Hall–Kier alpha value is -3.24. The number of benzene rings is 3. The number of rotatable bonds is 6. The third-order valence-electron chi connectivity index (χ3n) is 6.44. The summed E-state index contributed by atoms with van der Waals surface area (Å²) in [5, 5.41) is 3.78. The zero-order valence-electron chi connectivity index (χ0n) is 18.9. The van der Waals surface area contributed by atoms with Gasteiger partial charge in [0.25, 0.3) is 0 Å². The van der Waals surface area contributed by atoms with Crippen LogP contribution in [-0.4, -0.2) is 19.9 Å². The highest BCUT2D eigenvalue weighted by Gasteiger charge is 2.37. The van der Waals surface area contributed by atoms with Crippen LogP contribution in [0.25, 0.3) is 0 Å². The first-order valence-electron chi connectivity index (χ1n) is 11.3. The molecule has 3 aromatic rings. The fraction of sp³-hybridized carbons (Fsp3) is 0.207. The van der Waals surface area contributed by atoms with Crippen molar-refractivity contribution in [2.75, 3.05) is 19.0 Å². The van der Waals surface area contributed by atoms with Crippen LogP contribution in [0.3, 0.4) is 0 Å². The average Bonchev–Trinajstić information content (AvgIpc) is 3.37. The SMILES string of the molecule is C#CCOc1c(I)cc(C=Nc2ccc([C@@H]3Nc4ccccc4[C@H]4C=CC[C@@H]43)cc2)cc1OC. The number of terminal acetylenes is 1. The van der Waals surface area contributed by atoms with Gasteiger partial charge in [-0.1, -0.05) is 48.4 Å². The van der Waals surface area contributed by atoms with E-state index in [1.807, 2.05) is 18.3 Å². The second kappa shape index (κ2) is 9.94. The Balaban J connectivity index is 1.34. The molecule has 1 aliphatic carbocycles. The van der Waals surface area contributed by atoms with E-state index in [0.717, 1.165) is 21.2 Å². The molecule has 0 radical (unpaired) electrons. The van der Waals surface area contributed by atoms with Gasteiger partial charge in [0.1, 0.15) is 6.61 Å². The number of anilines is 1. The van der Waals surface area contributed by atoms with Crippen molar-refractivity contribution in [2.45, 2.75) is 18.4 Å². The van der Waals surface area contributed by atoms with E-state index in [-0.39, 0.29) is 12.6 Å². The van der Waals surface area contributed by atoms with Crippen molar-refractivity contribution >= 4 is 40.2 Å². The van der Waals surface area contributed by atoms with Gasteiger partial charge in [0.2, 0.25) is 0 Å². The molecule has 0 saturated heterocycles. The van der Waals surface area contributed by atoms with E-state index in [1.165, 1.54) is 16.8 Å². The highest BCUT2D eigenvalue weighted by molar-refractivity contribution is 14.1. The number of nitrogens with zero attached hydrogens (tertiary/aromatic N) is 1. The Labute approximate surface area is 214 Å². The highest BCUT2D eigenvalue weighted by atomic mass is 127. The fourth-order valence-electron chi connectivity index (χ4n) is 4.86. The van der Waals surface area contributed by atoms with Gasteiger partial charge in [0.05, 0.1) is 22.4 Å². The standard InChI is InChI=1S/C29H25IN2O2/c1-3-15-34-29-25(30)16-19(17-27(29)33-2)18-31-21-13-11-20(12-14-21)28-24-9-6-8-22(24)23-7-4-5-10-26(23)32-28/h1,4-8,10-14,16-18,22,24,28,32H,9,15H2,2H3/t22-,24+,28+/m1/s1. The van der Waals surface area contributed by atoms with Crippen LogP contribution in [0.1, 0.15) is 35.1 Å². The normalized spacial score (nSPS) is 20.3. The van der Waals surface area contributed by atoms with Crippen molar-refractivity contribution in [3.8, 4) is 23.8 Å². The van der Waals surface area contributed by atoms with Gasteiger partial charge < -0.3 is 14.8 Å². The molecule has 0 aromatic heterocycles. The monoisotopic (exact) mass is 560 g/mol. The van der Waals surface area contributed by atoms with Crippen molar-refractivity contribution in [1.82, 2.24) is 0 Å². The van der Waals surface area contributed by atoms with Crippen molar-refractivity contribution in [2.24, 2.45) is 10.9 Å². The van der Waals surface area contributed by atoms with E-state index in [0.29, 0.717) is 23.3 Å². The number of para-hydroxylation sites is 1. The van der Waals surface area contributed by atoms with Crippen molar-refractivity contribution in [3.05, 3.63) is 93.1 Å². The molecule has 1 aliphatic heterocycles. The van der Waals surface area contributed by atoms with E-state index < -0.39 is 0 Å². The highest BCUT2D eigenvalue weighted by Crippen LogP contribution is 2.49. The van der Waals surface area contributed by atoms with Gasteiger partial charge in [-0.15, -0.1) is 6.42 Å². The number of hydrogen-bond donors (Lipinski definition) is 1. The lowest BCUT2D eigenvalue weighted by atomic mass is 9.77. The first-order valence-corrected chi connectivity index (χ1v) is 12.4. The van der Waals surface area contributed by atoms with Crippen molar-refractivity contribution < 1.29 is 9.47 Å². The number of aliphatic imine (C=N–C) groups is 1. The zero-order valence-corrected chi connectivity index (χ0v) is 21.0. The van der Waals surface area contributed by atoms with Crippen LogP contribution in [0.15, 0.2) is 77.8 Å². The predicted octanol–water partition coefficient (Wildman–Crippen LogP) is 6.89. The first kappa shape index (κ1) is 22.5. The molecule has 34 heavy (non-hydrogen) atoms. The molecule has 0 unspecified atom stereocenters. The molecule has 0 amide bonds. The van der Waals surface area contributed by atoms with Gasteiger partial charge >= 0.3 is 0 Å². The zero-order chi connectivity index (χ0) is 23.5. The molecule has 0 fully saturated rings. The fourth-order valence-corrected chi connectivity index (χ4v) is 5.64. The summed E-state index contributed by atoms with van der Waals surface area (Å²) in [7, 11) is 1.62. The van der Waals surface area contributed by atoms with Crippen LogP contribution >= 0.6 is 22.6 Å². The molecule has 170 valence electrons. The van der Waals surface area contributed by atoms with Gasteiger partial charge in [-0.05, 0) is 82.0 Å². The summed E-state index contributed by atoms with van der Waals surface area (Å²) in [5.74, 6) is 4.80. The predicted molar refractivity (Wildman–Crippen MR) is 147 cm³/mol. The molecule has 1 heterocycles. The number of ether oxygens (including phenoxy) is 2. The van der Waals surface area contributed by atoms with Gasteiger partial charge in [0, 0.05) is 17.8 Å². The summed E-state index contributed by atoms with van der Waals surface area (Å²) >= 11 is 2.22. The number of nitrogens with one attached hydrogen (secondary N) is 1. The molecule has 2 aliphatic rings. The summed E-state index contributed by atoms with van der Waals surface area (Å²) in [6.07, 6.45) is 12.9. The third kappa shape index (κ3) is 4.43. The minimum absolute atomic E-state index is 0.200. The van der Waals surface area contributed by atoms with E-state index in [4.69, 9.17) is 15.9 Å². The quantitative estimate of drug-likeness (QED) is 0.155. The molecular formula is C29H25IN2O2. The molecule has 0 saturated carbocycles. The number of methoxy groups -OCH3 is 1. The Morgan fingerprint density at radius 1 is 1.18 bits per heavy atom. The number of allylic oxidation sites excluding steroid dienone is 2. The molecule has 5 rings (SSSR count). The number of fused-ring (bicyclic) bond motifs is 3. The minimum Gasteiger partial charge on any atom is -0.493 e. The lowest BCUT2D eigenvalue weighted by Crippen LogP contribution is -2.28. The molecule has 5 heteroatoms. The average molecular weight is 560 g/mol. The van der Waals surface area contributed by atoms with Crippen LogP contribution in [0.2, 0.25) is 0 Å². The van der Waals surface area contributed by atoms with Crippen LogP contribution < -0.4 is 14.8 Å². The Morgan fingerprint density at radius 3 is 2.79 bits per heavy atom. The maximum absolute atomic E-state index is 5.62. The van der Waals surface area contributed by atoms with Crippen LogP contribution in [0.5, 0.6) is 11.5 Å². The Morgan fingerprint density at radius 2 is 2.00 bits per heavy atom. The lowest BCUT2D eigenvalue weighted by molar-refractivity contribution is 0.328. The van der Waals surface area contributed by atoms with E-state index in [9.17, 15) is 0 Å². The summed E-state index contributed by atoms with van der Waals surface area (Å²) < 4.78 is 12.0. The van der Waals surface area contributed by atoms with Gasteiger partial charge in [0.15, 0.2) is 11.5 Å². The molecule has 3 aromatic carbocycles. The molecule has 1 N–H and O–H groups in total. The molecule has 0 spiro atoms. The minimum atomic E-state index is 0.200. The number of halogens is 1. The molecule has 4 nitrogen and oxygen atoms in total. The van der Waals surface area contributed by atoms with Crippen molar-refractivity contribution in [3.63, 3.8) is 0 Å². The van der Waals surface area contributed by atoms with Crippen molar-refractivity contribution in [1.29, 1.82) is 0 Å². The topological polar surface area (TPSA) is 42.8 Å². The van der Waals surface area contributed by atoms with E-state index in [1.54, 1.807) is 7.11 Å². The van der Waals surface area contributed by atoms with Gasteiger partial charge in [-0.25, -0.2) is 0 Å². The summed E-state index contributed by atoms with van der Waals surface area (Å²) in [4.78, 5) is 4.68. The van der Waals surface area contributed by atoms with E-state index in [2.05, 4.69) is 99.5 Å². The molecule has 3 atom stereocenters. The summed E-state index contributed by atoms with van der Waals surface area (Å²) in [6, 6.07) is 21.4. The van der Waals surface area contributed by atoms with E-state index >= 15 is 0 Å². The van der Waals surface area contributed by atoms with Crippen LogP contribution in [-0.2, 0) is 0 Å². The maximum atomic E-state index is 5.62. The van der Waals surface area contributed by atoms with Crippen LogP contribution in [0, 0.1) is 21.8 Å². The lowest BCUT2D eigenvalue weighted by Gasteiger charge is -2.37.